The molecule has 10 heteroatoms. The molecule has 0 radical (unpaired) electrons. The number of carbonyl (C=O) groups excluding carboxylic acids is 2. The van der Waals surface area contributed by atoms with Crippen molar-refractivity contribution in [1.29, 1.82) is 0 Å². The first kappa shape index (κ1) is 33.4. The van der Waals surface area contributed by atoms with Crippen LogP contribution in [-0.4, -0.2) is 50.5 Å². The fourth-order valence-corrected chi connectivity index (χ4v) is 6.00. The standard InChI is InChI=1S/C32H39Cl2N3O4S/c1-23(2)21-35-32(39)30(19-25-11-6-5-7-12-25)36(22-26-13-8-9-14-28(26)34)31(38)15-10-18-37(42(4,40)41)29-20-27(33)17-16-24(29)3/h5-9,11-14,16-17,20,23,30H,10,15,18-19,21-22H2,1-4H3,(H,35,39)/t30-/m0/s1. The Bertz CT molecular complexity index is 1470. The normalized spacial score (nSPS) is 12.2. The highest BCUT2D eigenvalue weighted by molar-refractivity contribution is 7.92. The Morgan fingerprint density at radius 2 is 1.62 bits per heavy atom. The van der Waals surface area contributed by atoms with Crippen molar-refractivity contribution in [1.82, 2.24) is 10.2 Å². The lowest BCUT2D eigenvalue weighted by molar-refractivity contribution is -0.141. The lowest BCUT2D eigenvalue weighted by Gasteiger charge is -2.32. The van der Waals surface area contributed by atoms with Gasteiger partial charge in [-0.3, -0.25) is 13.9 Å². The lowest BCUT2D eigenvalue weighted by Crippen LogP contribution is -2.51. The summed E-state index contributed by atoms with van der Waals surface area (Å²) < 4.78 is 26.7. The summed E-state index contributed by atoms with van der Waals surface area (Å²) >= 11 is 12.7. The molecular formula is C32H39Cl2N3O4S. The van der Waals surface area contributed by atoms with Crippen molar-refractivity contribution in [3.63, 3.8) is 0 Å². The van der Waals surface area contributed by atoms with Crippen LogP contribution in [0.25, 0.3) is 0 Å². The summed E-state index contributed by atoms with van der Waals surface area (Å²) in [6.07, 6.45) is 1.72. The average Bonchev–Trinajstić information content (AvgIpc) is 2.94. The molecular weight excluding hydrogens is 593 g/mol. The average molecular weight is 633 g/mol. The van der Waals surface area contributed by atoms with Gasteiger partial charge in [0, 0.05) is 42.5 Å². The second-order valence-electron chi connectivity index (χ2n) is 10.8. The van der Waals surface area contributed by atoms with Gasteiger partial charge in [0.05, 0.1) is 11.9 Å². The highest BCUT2D eigenvalue weighted by atomic mass is 35.5. The Labute approximate surface area is 259 Å². The minimum atomic E-state index is -3.65. The lowest BCUT2D eigenvalue weighted by atomic mass is 10.0. The zero-order valence-electron chi connectivity index (χ0n) is 24.5. The summed E-state index contributed by atoms with van der Waals surface area (Å²) in [5.41, 5.74) is 2.86. The van der Waals surface area contributed by atoms with Crippen molar-refractivity contribution in [3.8, 4) is 0 Å². The van der Waals surface area contributed by atoms with E-state index < -0.39 is 16.1 Å². The summed E-state index contributed by atoms with van der Waals surface area (Å²) in [6, 6.07) is 21.1. The molecule has 226 valence electrons. The van der Waals surface area contributed by atoms with Crippen LogP contribution in [0.2, 0.25) is 10.0 Å². The van der Waals surface area contributed by atoms with Gasteiger partial charge in [-0.25, -0.2) is 8.42 Å². The van der Waals surface area contributed by atoms with Crippen molar-refractivity contribution in [2.75, 3.05) is 23.7 Å². The summed E-state index contributed by atoms with van der Waals surface area (Å²) in [5, 5.41) is 3.91. The minimum absolute atomic E-state index is 0.0266. The number of amides is 2. The molecule has 0 aliphatic rings. The third kappa shape index (κ3) is 9.75. The Balaban J connectivity index is 1.91. The zero-order valence-corrected chi connectivity index (χ0v) is 26.8. The number of benzene rings is 3. The van der Waals surface area contributed by atoms with Crippen LogP contribution in [0.1, 0.15) is 43.4 Å². The van der Waals surface area contributed by atoms with Crippen molar-refractivity contribution < 1.29 is 18.0 Å². The summed E-state index contributed by atoms with van der Waals surface area (Å²) in [7, 11) is -3.65. The Morgan fingerprint density at radius 1 is 0.952 bits per heavy atom. The SMILES string of the molecule is Cc1ccc(Cl)cc1N(CCCC(=O)N(Cc1ccccc1Cl)[C@@H](Cc1ccccc1)C(=O)NCC(C)C)S(C)(=O)=O. The molecule has 0 aliphatic heterocycles. The third-order valence-electron chi connectivity index (χ3n) is 6.85. The predicted octanol–water partition coefficient (Wildman–Crippen LogP) is 6.26. The molecule has 0 spiro atoms. The maximum atomic E-state index is 13.9. The highest BCUT2D eigenvalue weighted by Gasteiger charge is 2.31. The molecule has 0 heterocycles. The van der Waals surface area contributed by atoms with E-state index in [-0.39, 0.29) is 43.7 Å². The molecule has 0 saturated heterocycles. The molecule has 0 aromatic heterocycles. The van der Waals surface area contributed by atoms with Gasteiger partial charge in [0.25, 0.3) is 0 Å². The van der Waals surface area contributed by atoms with Gasteiger partial charge in [0.1, 0.15) is 6.04 Å². The van der Waals surface area contributed by atoms with Gasteiger partial charge >= 0.3 is 0 Å². The maximum absolute atomic E-state index is 13.9. The Hall–Kier alpha value is -3.07. The summed E-state index contributed by atoms with van der Waals surface area (Å²) in [5.74, 6) is -0.289. The summed E-state index contributed by atoms with van der Waals surface area (Å²) in [6.45, 7) is 6.51. The molecule has 42 heavy (non-hydrogen) atoms. The first-order valence-electron chi connectivity index (χ1n) is 13.9. The number of nitrogens with one attached hydrogen (secondary N) is 1. The molecule has 0 unspecified atom stereocenters. The van der Waals surface area contributed by atoms with Gasteiger partial charge in [-0.2, -0.15) is 0 Å². The van der Waals surface area contributed by atoms with E-state index in [4.69, 9.17) is 23.2 Å². The topological polar surface area (TPSA) is 86.8 Å². The highest BCUT2D eigenvalue weighted by Crippen LogP contribution is 2.27. The molecule has 0 aliphatic carbocycles. The largest absolute Gasteiger partial charge is 0.354 e. The number of aryl methyl sites for hydroxylation is 1. The van der Waals surface area contributed by atoms with Crippen molar-refractivity contribution in [2.24, 2.45) is 5.92 Å². The fourth-order valence-electron chi connectivity index (χ4n) is 4.62. The number of rotatable bonds is 14. The van der Waals surface area contributed by atoms with Crippen LogP contribution in [0.4, 0.5) is 5.69 Å². The van der Waals surface area contributed by atoms with Crippen molar-refractivity contribution in [3.05, 3.63) is 99.5 Å². The van der Waals surface area contributed by atoms with Gasteiger partial charge in [-0.05, 0) is 54.2 Å². The van der Waals surface area contributed by atoms with Crippen LogP contribution in [0.5, 0.6) is 0 Å². The summed E-state index contributed by atoms with van der Waals surface area (Å²) in [4.78, 5) is 29.1. The molecule has 7 nitrogen and oxygen atoms in total. The Kier molecular flexibility index (Phi) is 12.3. The van der Waals surface area contributed by atoms with E-state index in [0.717, 1.165) is 22.9 Å². The number of nitrogens with zero attached hydrogens (tertiary/aromatic N) is 2. The fraction of sp³-hybridized carbons (Fsp3) is 0.375. The number of anilines is 1. The Morgan fingerprint density at radius 3 is 2.26 bits per heavy atom. The van der Waals surface area contributed by atoms with E-state index in [1.807, 2.05) is 69.3 Å². The van der Waals surface area contributed by atoms with Crippen LogP contribution < -0.4 is 9.62 Å². The van der Waals surface area contributed by atoms with Crippen LogP contribution in [0.3, 0.4) is 0 Å². The van der Waals surface area contributed by atoms with E-state index in [0.29, 0.717) is 28.7 Å². The van der Waals surface area contributed by atoms with Crippen LogP contribution >= 0.6 is 23.2 Å². The number of sulfonamides is 1. The van der Waals surface area contributed by atoms with Crippen LogP contribution in [0, 0.1) is 12.8 Å². The van der Waals surface area contributed by atoms with E-state index >= 15 is 0 Å². The molecule has 3 rings (SSSR count). The first-order valence-corrected chi connectivity index (χ1v) is 16.6. The predicted molar refractivity (Wildman–Crippen MR) is 171 cm³/mol. The molecule has 3 aromatic rings. The van der Waals surface area contributed by atoms with Gasteiger partial charge in [0.2, 0.25) is 21.8 Å². The quantitative estimate of drug-likeness (QED) is 0.227. The van der Waals surface area contributed by atoms with Crippen molar-refractivity contribution in [2.45, 2.75) is 52.6 Å². The van der Waals surface area contributed by atoms with Crippen LogP contribution in [-0.2, 0) is 32.6 Å². The van der Waals surface area contributed by atoms with Gasteiger partial charge in [-0.15, -0.1) is 0 Å². The van der Waals surface area contributed by atoms with Gasteiger partial charge in [0.15, 0.2) is 0 Å². The molecule has 1 N–H and O–H groups in total. The minimum Gasteiger partial charge on any atom is -0.354 e. The first-order chi connectivity index (χ1) is 19.9. The van der Waals surface area contributed by atoms with Crippen LogP contribution in [0.15, 0.2) is 72.8 Å². The maximum Gasteiger partial charge on any atom is 0.243 e. The molecule has 0 saturated carbocycles. The molecule has 2 amide bonds. The molecule has 0 fully saturated rings. The number of carbonyl (C=O) groups is 2. The molecule has 3 aromatic carbocycles. The van der Waals surface area contributed by atoms with Gasteiger partial charge in [-0.1, -0.05) is 91.6 Å². The monoisotopic (exact) mass is 631 g/mol. The van der Waals surface area contributed by atoms with Gasteiger partial charge < -0.3 is 10.2 Å². The second-order valence-corrected chi connectivity index (χ2v) is 13.6. The molecule has 1 atom stereocenters. The number of hydrogen-bond acceptors (Lipinski definition) is 4. The molecule has 0 bridgehead atoms. The zero-order chi connectivity index (χ0) is 30.9. The second kappa shape index (κ2) is 15.4. The third-order valence-corrected chi connectivity index (χ3v) is 8.63. The van der Waals surface area contributed by atoms with E-state index in [2.05, 4.69) is 5.32 Å². The van der Waals surface area contributed by atoms with Crippen molar-refractivity contribution >= 4 is 50.7 Å². The number of halogens is 2. The van der Waals surface area contributed by atoms with E-state index in [1.54, 1.807) is 29.2 Å². The van der Waals surface area contributed by atoms with E-state index in [1.165, 1.54) is 4.31 Å². The number of hydrogen-bond donors (Lipinski definition) is 1. The van der Waals surface area contributed by atoms with E-state index in [9.17, 15) is 18.0 Å². The smallest absolute Gasteiger partial charge is 0.243 e.